The first-order valence-electron chi connectivity index (χ1n) is 12.7. The standard InChI is InChI=1S/C27H29FN6O2S/c1-33-9-6-16(7-10-33)17-3-4-22(29-13-17)31-26-30-14-20(28)23(32-26)21-11-19-24(37-21)27(8-5-18(35)12-27)15-34(2)25(19)36/h3-4,11,13-14,16H,5-10,12,15H2,1-2H3,(H,29,30,31,32). The van der Waals surface area contributed by atoms with Crippen molar-refractivity contribution in [3.05, 3.63) is 52.4 Å². The number of Topliss-reactive ketones (excluding diaryl/α,β-unsaturated/α-hetero) is 1. The Labute approximate surface area is 218 Å². The summed E-state index contributed by atoms with van der Waals surface area (Å²) in [5, 5.41) is 3.09. The second kappa shape index (κ2) is 9.25. The third-order valence-corrected chi connectivity index (χ3v) is 9.33. The highest BCUT2D eigenvalue weighted by Gasteiger charge is 2.48. The van der Waals surface area contributed by atoms with Gasteiger partial charge in [0.15, 0.2) is 5.82 Å². The van der Waals surface area contributed by atoms with Gasteiger partial charge in [-0.2, -0.15) is 0 Å². The number of aromatic nitrogens is 3. The molecular weight excluding hydrogens is 491 g/mol. The van der Waals surface area contributed by atoms with Gasteiger partial charge in [0.1, 0.15) is 17.3 Å². The lowest BCUT2D eigenvalue weighted by molar-refractivity contribution is -0.117. The van der Waals surface area contributed by atoms with Crippen LogP contribution in [0.1, 0.15) is 58.8 Å². The van der Waals surface area contributed by atoms with Gasteiger partial charge in [0.2, 0.25) is 5.95 Å². The molecule has 192 valence electrons. The Morgan fingerprint density at radius 2 is 1.95 bits per heavy atom. The van der Waals surface area contributed by atoms with Gasteiger partial charge in [-0.1, -0.05) is 6.07 Å². The van der Waals surface area contributed by atoms with Crippen LogP contribution in [0.5, 0.6) is 0 Å². The predicted octanol–water partition coefficient (Wildman–Crippen LogP) is 4.37. The van der Waals surface area contributed by atoms with Crippen molar-refractivity contribution in [2.45, 2.75) is 43.4 Å². The lowest BCUT2D eigenvalue weighted by atomic mass is 9.79. The molecule has 1 N–H and O–H groups in total. The average Bonchev–Trinajstić information content (AvgIpc) is 3.50. The molecule has 6 rings (SSSR count). The third kappa shape index (κ3) is 4.42. The van der Waals surface area contributed by atoms with Crippen LogP contribution in [0, 0.1) is 5.82 Å². The molecule has 8 nitrogen and oxygen atoms in total. The fraction of sp³-hybridized carbons (Fsp3) is 0.444. The summed E-state index contributed by atoms with van der Waals surface area (Å²) in [5.74, 6) is 0.863. The molecule has 2 aliphatic heterocycles. The van der Waals surface area contributed by atoms with Crippen molar-refractivity contribution in [3.8, 4) is 10.6 Å². The molecule has 1 amide bonds. The topological polar surface area (TPSA) is 91.3 Å². The first-order valence-corrected chi connectivity index (χ1v) is 13.5. The zero-order chi connectivity index (χ0) is 25.7. The van der Waals surface area contributed by atoms with E-state index in [1.165, 1.54) is 16.9 Å². The van der Waals surface area contributed by atoms with Crippen molar-refractivity contribution < 1.29 is 14.0 Å². The number of rotatable bonds is 4. The largest absolute Gasteiger partial charge is 0.341 e. The number of hydrogen-bond donors (Lipinski definition) is 1. The number of amides is 1. The summed E-state index contributed by atoms with van der Waals surface area (Å²) < 4.78 is 14.9. The van der Waals surface area contributed by atoms with Crippen LogP contribution in [-0.2, 0) is 10.2 Å². The monoisotopic (exact) mass is 520 g/mol. The van der Waals surface area contributed by atoms with Gasteiger partial charge in [-0.05, 0) is 63.0 Å². The number of likely N-dealkylation sites (tertiary alicyclic amines) is 1. The van der Waals surface area contributed by atoms with Crippen molar-refractivity contribution in [1.29, 1.82) is 0 Å². The zero-order valence-electron chi connectivity index (χ0n) is 21.0. The molecule has 1 unspecified atom stereocenters. The number of carbonyl (C=O) groups excluding carboxylic acids is 2. The van der Waals surface area contributed by atoms with E-state index >= 15 is 0 Å². The highest BCUT2D eigenvalue weighted by Crippen LogP contribution is 2.49. The van der Waals surface area contributed by atoms with Crippen LogP contribution >= 0.6 is 11.3 Å². The molecule has 3 aromatic rings. The molecule has 3 aromatic heterocycles. The summed E-state index contributed by atoms with van der Waals surface area (Å²) in [6, 6.07) is 5.69. The van der Waals surface area contributed by atoms with Gasteiger partial charge in [0, 0.05) is 42.9 Å². The van der Waals surface area contributed by atoms with Crippen LogP contribution in [0.25, 0.3) is 10.6 Å². The minimum Gasteiger partial charge on any atom is -0.341 e. The number of ketones is 1. The van der Waals surface area contributed by atoms with E-state index in [0.29, 0.717) is 48.0 Å². The molecule has 10 heteroatoms. The average molecular weight is 521 g/mol. The molecule has 2 fully saturated rings. The predicted molar refractivity (Wildman–Crippen MR) is 140 cm³/mol. The van der Waals surface area contributed by atoms with Crippen molar-refractivity contribution in [2.75, 3.05) is 39.0 Å². The molecule has 1 saturated heterocycles. The first kappa shape index (κ1) is 24.1. The zero-order valence-corrected chi connectivity index (χ0v) is 21.8. The molecule has 1 saturated carbocycles. The summed E-state index contributed by atoms with van der Waals surface area (Å²) in [6.45, 7) is 2.67. The minimum atomic E-state index is -0.563. The summed E-state index contributed by atoms with van der Waals surface area (Å²) >= 11 is 1.36. The fourth-order valence-corrected chi connectivity index (χ4v) is 7.25. The van der Waals surface area contributed by atoms with Crippen molar-refractivity contribution in [2.24, 2.45) is 0 Å². The fourth-order valence-electron chi connectivity index (χ4n) is 5.90. The van der Waals surface area contributed by atoms with E-state index in [1.807, 2.05) is 12.3 Å². The molecule has 37 heavy (non-hydrogen) atoms. The van der Waals surface area contributed by atoms with E-state index in [2.05, 4.69) is 38.3 Å². The molecule has 3 aliphatic rings. The Balaban J connectivity index is 1.26. The smallest absolute Gasteiger partial charge is 0.254 e. The van der Waals surface area contributed by atoms with E-state index in [-0.39, 0.29) is 28.7 Å². The van der Waals surface area contributed by atoms with E-state index in [0.717, 1.165) is 37.0 Å². The van der Waals surface area contributed by atoms with Crippen LogP contribution in [0.4, 0.5) is 16.2 Å². The molecule has 5 heterocycles. The number of pyridine rings is 1. The number of hydrogen-bond acceptors (Lipinski definition) is 8. The Morgan fingerprint density at radius 3 is 2.65 bits per heavy atom. The molecule has 1 spiro atoms. The lowest BCUT2D eigenvalue weighted by Gasteiger charge is -2.37. The number of nitrogens with one attached hydrogen (secondary N) is 1. The van der Waals surface area contributed by atoms with E-state index in [1.54, 1.807) is 18.0 Å². The number of fused-ring (bicyclic) bond motifs is 2. The van der Waals surface area contributed by atoms with Gasteiger partial charge in [0.25, 0.3) is 5.91 Å². The molecule has 0 bridgehead atoms. The maximum Gasteiger partial charge on any atom is 0.254 e. The van der Waals surface area contributed by atoms with Crippen LogP contribution in [0.2, 0.25) is 0 Å². The van der Waals surface area contributed by atoms with Gasteiger partial charge in [-0.15, -0.1) is 11.3 Å². The van der Waals surface area contributed by atoms with Crippen LogP contribution in [-0.4, -0.2) is 70.2 Å². The molecule has 1 aliphatic carbocycles. The molecule has 1 atom stereocenters. The molecule has 0 aromatic carbocycles. The third-order valence-electron chi connectivity index (χ3n) is 7.94. The summed E-state index contributed by atoms with van der Waals surface area (Å²) in [4.78, 5) is 43.7. The number of nitrogens with zero attached hydrogens (tertiary/aromatic N) is 5. The lowest BCUT2D eigenvalue weighted by Crippen LogP contribution is -2.45. The van der Waals surface area contributed by atoms with E-state index in [4.69, 9.17) is 0 Å². The number of likely N-dealkylation sites (N-methyl/N-ethyl adjacent to an activating group) is 1. The minimum absolute atomic E-state index is 0.107. The van der Waals surface area contributed by atoms with Crippen molar-refractivity contribution in [3.63, 3.8) is 0 Å². The van der Waals surface area contributed by atoms with E-state index < -0.39 is 5.82 Å². The number of halogens is 1. The summed E-state index contributed by atoms with van der Waals surface area (Å²) in [7, 11) is 3.90. The van der Waals surface area contributed by atoms with Crippen LogP contribution in [0.3, 0.4) is 0 Å². The SMILES string of the molecule is CN1CCC(c2ccc(Nc3ncc(F)c(-c4cc5c(s4)C4(CCC(=O)C4)CN(C)C5=O)n3)nc2)CC1. The number of thiophene rings is 1. The van der Waals surface area contributed by atoms with Crippen molar-refractivity contribution >= 4 is 34.8 Å². The molecule has 0 radical (unpaired) electrons. The van der Waals surface area contributed by atoms with Gasteiger partial charge >= 0.3 is 0 Å². The van der Waals surface area contributed by atoms with Gasteiger partial charge in [-0.3, -0.25) is 9.59 Å². The maximum absolute atomic E-state index is 14.9. The Hall–Kier alpha value is -3.24. The number of anilines is 2. The van der Waals surface area contributed by atoms with Crippen molar-refractivity contribution in [1.82, 2.24) is 24.8 Å². The summed E-state index contributed by atoms with van der Waals surface area (Å²) in [6.07, 6.45) is 6.89. The highest BCUT2D eigenvalue weighted by molar-refractivity contribution is 7.16. The maximum atomic E-state index is 14.9. The summed E-state index contributed by atoms with van der Waals surface area (Å²) in [5.41, 5.74) is 1.51. The number of piperidine rings is 1. The second-order valence-corrected chi connectivity index (χ2v) is 11.6. The quantitative estimate of drug-likeness (QED) is 0.546. The van der Waals surface area contributed by atoms with Gasteiger partial charge < -0.3 is 15.1 Å². The normalized spacial score (nSPS) is 22.6. The number of carbonyl (C=O) groups is 2. The Bertz CT molecular complexity index is 1370. The highest BCUT2D eigenvalue weighted by atomic mass is 32.1. The first-order chi connectivity index (χ1) is 17.8. The van der Waals surface area contributed by atoms with E-state index in [9.17, 15) is 14.0 Å². The Kier molecular flexibility index (Phi) is 6.03. The van der Waals surface area contributed by atoms with Gasteiger partial charge in [0.05, 0.1) is 16.6 Å². The van der Waals surface area contributed by atoms with Gasteiger partial charge in [-0.25, -0.2) is 19.3 Å². The van der Waals surface area contributed by atoms with Crippen LogP contribution < -0.4 is 5.32 Å². The van der Waals surface area contributed by atoms with Crippen LogP contribution in [0.15, 0.2) is 30.6 Å². The second-order valence-electron chi connectivity index (χ2n) is 10.6. The Morgan fingerprint density at radius 1 is 1.14 bits per heavy atom. The molecular formula is C27H29FN6O2S.